The number of thioether (sulfide) groups is 1. The molecule has 1 saturated heterocycles. The predicted octanol–water partition coefficient (Wildman–Crippen LogP) is 3.37. The maximum absolute atomic E-state index is 14.0. The number of rotatable bonds is 8. The molecule has 0 bridgehead atoms. The first-order chi connectivity index (χ1) is 16.4. The van der Waals surface area contributed by atoms with Gasteiger partial charge in [-0.3, -0.25) is 14.4 Å². The molecule has 7 nitrogen and oxygen atoms in total. The summed E-state index contributed by atoms with van der Waals surface area (Å²) in [5, 5.41) is 5.42. The molecule has 8 heteroatoms. The molecule has 3 aromatic carbocycles. The summed E-state index contributed by atoms with van der Waals surface area (Å²) in [6.45, 7) is 0. The highest BCUT2D eigenvalue weighted by Crippen LogP contribution is 2.33. The maximum Gasteiger partial charge on any atom is 0.249 e. The van der Waals surface area contributed by atoms with E-state index in [1.807, 2.05) is 73.6 Å². The van der Waals surface area contributed by atoms with Gasteiger partial charge in [0.05, 0.1) is 5.88 Å². The fraction of sp³-hybridized carbons (Fsp3) is 0.192. The fourth-order valence-corrected chi connectivity index (χ4v) is 5.01. The molecule has 3 aromatic rings. The zero-order chi connectivity index (χ0) is 24.2. The van der Waals surface area contributed by atoms with Crippen molar-refractivity contribution >= 4 is 40.7 Å². The second kappa shape index (κ2) is 10.0. The van der Waals surface area contributed by atoms with E-state index in [1.165, 1.54) is 11.8 Å². The third-order valence-electron chi connectivity index (χ3n) is 5.72. The Morgan fingerprint density at radius 2 is 1.68 bits per heavy atom. The highest BCUT2D eigenvalue weighted by atomic mass is 32.2. The Labute approximate surface area is 202 Å². The molecule has 1 aliphatic rings. The van der Waals surface area contributed by atoms with Crippen LogP contribution in [0.2, 0.25) is 0 Å². The van der Waals surface area contributed by atoms with Crippen LogP contribution in [0.3, 0.4) is 0 Å². The topological polar surface area (TPSA) is 105 Å². The van der Waals surface area contributed by atoms with Crippen molar-refractivity contribution in [3.63, 3.8) is 0 Å². The highest BCUT2D eigenvalue weighted by Gasteiger charge is 2.39. The van der Waals surface area contributed by atoms with Gasteiger partial charge in [0, 0.05) is 42.2 Å². The molecule has 4 rings (SSSR count). The Morgan fingerprint density at radius 3 is 2.26 bits per heavy atom. The average molecular weight is 475 g/mol. The fourth-order valence-electron chi connectivity index (χ4n) is 3.99. The predicted molar refractivity (Wildman–Crippen MR) is 137 cm³/mol. The molecule has 0 aromatic heterocycles. The van der Waals surface area contributed by atoms with Gasteiger partial charge in [0.25, 0.3) is 0 Å². The van der Waals surface area contributed by atoms with Crippen LogP contribution in [-0.4, -0.2) is 48.9 Å². The normalized spacial score (nSPS) is 15.9. The van der Waals surface area contributed by atoms with Gasteiger partial charge < -0.3 is 21.3 Å². The highest BCUT2D eigenvalue weighted by molar-refractivity contribution is 8.01. The summed E-state index contributed by atoms with van der Waals surface area (Å²) in [5.74, 6) is -0.672. The number of benzene rings is 3. The largest absolute Gasteiger partial charge is 0.378 e. The number of nitrogens with one attached hydrogen (secondary N) is 2. The molecular formula is C26H26N4O3S. The van der Waals surface area contributed by atoms with Crippen LogP contribution in [-0.2, 0) is 4.79 Å². The number of nitrogens with zero attached hydrogens (tertiary/aromatic N) is 1. The van der Waals surface area contributed by atoms with Gasteiger partial charge in [0.15, 0.2) is 5.78 Å². The minimum Gasteiger partial charge on any atom is -0.378 e. The first-order valence-electron chi connectivity index (χ1n) is 10.8. The number of carbonyl (C=O) groups is 3. The van der Waals surface area contributed by atoms with Crippen LogP contribution in [0.15, 0.2) is 72.8 Å². The summed E-state index contributed by atoms with van der Waals surface area (Å²) >= 11 is 1.38. The average Bonchev–Trinajstić information content (AvgIpc) is 3.27. The Balaban J connectivity index is 1.82. The first-order valence-corrected chi connectivity index (χ1v) is 11.9. The van der Waals surface area contributed by atoms with Crippen molar-refractivity contribution < 1.29 is 14.4 Å². The summed E-state index contributed by atoms with van der Waals surface area (Å²) in [5.41, 5.74) is 9.17. The number of hydrogen-bond acceptors (Lipinski definition) is 6. The monoisotopic (exact) mass is 474 g/mol. The lowest BCUT2D eigenvalue weighted by atomic mass is 9.88. The molecule has 2 unspecified atom stereocenters. The van der Waals surface area contributed by atoms with Crippen LogP contribution in [0.25, 0.3) is 11.1 Å². The number of anilines is 2. The number of nitrogens with two attached hydrogens (primary N) is 1. The van der Waals surface area contributed by atoms with Crippen molar-refractivity contribution in [2.45, 2.75) is 11.3 Å². The number of para-hydroxylation sites is 1. The van der Waals surface area contributed by atoms with Crippen molar-refractivity contribution in [2.75, 3.05) is 30.2 Å². The van der Waals surface area contributed by atoms with Crippen molar-refractivity contribution in [2.24, 2.45) is 5.73 Å². The van der Waals surface area contributed by atoms with E-state index in [0.717, 1.165) is 11.4 Å². The van der Waals surface area contributed by atoms with E-state index < -0.39 is 17.2 Å². The third-order valence-corrected chi connectivity index (χ3v) is 6.87. The maximum atomic E-state index is 14.0. The summed E-state index contributed by atoms with van der Waals surface area (Å²) in [7, 11) is 3.87. The van der Waals surface area contributed by atoms with E-state index in [4.69, 9.17) is 5.73 Å². The van der Waals surface area contributed by atoms with Gasteiger partial charge in [0.2, 0.25) is 11.8 Å². The second-order valence-electron chi connectivity index (χ2n) is 8.16. The van der Waals surface area contributed by atoms with Gasteiger partial charge >= 0.3 is 0 Å². The number of amides is 2. The lowest BCUT2D eigenvalue weighted by Crippen LogP contribution is -2.44. The minimum absolute atomic E-state index is 0.199. The van der Waals surface area contributed by atoms with Gasteiger partial charge in [-0.15, -0.1) is 11.8 Å². The van der Waals surface area contributed by atoms with E-state index in [9.17, 15) is 14.4 Å². The molecular weight excluding hydrogens is 448 g/mol. The van der Waals surface area contributed by atoms with Crippen LogP contribution in [0.1, 0.15) is 20.7 Å². The molecule has 0 aliphatic carbocycles. The zero-order valence-electron chi connectivity index (χ0n) is 18.9. The Hall–Kier alpha value is -3.78. The van der Waals surface area contributed by atoms with Crippen LogP contribution in [0.5, 0.6) is 0 Å². The SMILES string of the molecule is CN(C)c1ccc(-c2c(C(N)=O)cccc2C(=O)C(Nc2ccccc2)C2SCNC2=O)cc1. The van der Waals surface area contributed by atoms with Crippen LogP contribution in [0.4, 0.5) is 11.4 Å². The number of primary amides is 1. The summed E-state index contributed by atoms with van der Waals surface area (Å²) < 4.78 is 0. The van der Waals surface area contributed by atoms with Crippen LogP contribution >= 0.6 is 11.8 Å². The lowest BCUT2D eigenvalue weighted by molar-refractivity contribution is -0.119. The molecule has 174 valence electrons. The molecule has 0 radical (unpaired) electrons. The van der Waals surface area contributed by atoms with Crippen LogP contribution < -0.4 is 21.3 Å². The summed E-state index contributed by atoms with van der Waals surface area (Å²) in [6.07, 6.45) is 0. The van der Waals surface area contributed by atoms with Crippen molar-refractivity contribution in [3.8, 4) is 11.1 Å². The minimum atomic E-state index is -0.835. The lowest BCUT2D eigenvalue weighted by Gasteiger charge is -2.24. The third kappa shape index (κ3) is 4.77. The molecule has 1 aliphatic heterocycles. The van der Waals surface area contributed by atoms with Gasteiger partial charge in [-0.1, -0.05) is 42.5 Å². The summed E-state index contributed by atoms with van der Waals surface area (Å²) in [6, 6.07) is 21.0. The Kier molecular flexibility index (Phi) is 6.88. The van der Waals surface area contributed by atoms with Crippen molar-refractivity contribution in [1.82, 2.24) is 5.32 Å². The zero-order valence-corrected chi connectivity index (χ0v) is 19.8. The quantitative estimate of drug-likeness (QED) is 0.433. The van der Waals surface area contributed by atoms with Gasteiger partial charge in [-0.2, -0.15) is 0 Å². The van der Waals surface area contributed by atoms with Crippen molar-refractivity contribution in [3.05, 3.63) is 83.9 Å². The Morgan fingerprint density at radius 1 is 1.00 bits per heavy atom. The van der Waals surface area contributed by atoms with Gasteiger partial charge in [-0.05, 0) is 35.9 Å². The molecule has 2 atom stereocenters. The van der Waals surface area contributed by atoms with E-state index in [2.05, 4.69) is 10.6 Å². The second-order valence-corrected chi connectivity index (χ2v) is 9.29. The van der Waals surface area contributed by atoms with Crippen molar-refractivity contribution in [1.29, 1.82) is 0 Å². The molecule has 0 spiro atoms. The summed E-state index contributed by atoms with van der Waals surface area (Å²) in [4.78, 5) is 40.9. The molecule has 0 saturated carbocycles. The number of hydrogen-bond donors (Lipinski definition) is 3. The molecule has 4 N–H and O–H groups in total. The van der Waals surface area contributed by atoms with E-state index >= 15 is 0 Å². The number of carbonyl (C=O) groups excluding carboxylic acids is 3. The van der Waals surface area contributed by atoms with Gasteiger partial charge in [-0.25, -0.2) is 0 Å². The molecule has 1 heterocycles. The Bertz CT molecular complexity index is 1210. The molecule has 2 amide bonds. The van der Waals surface area contributed by atoms with E-state index in [1.54, 1.807) is 18.2 Å². The van der Waals surface area contributed by atoms with E-state index in [0.29, 0.717) is 22.6 Å². The number of ketones is 1. The molecule has 34 heavy (non-hydrogen) atoms. The van der Waals surface area contributed by atoms with Gasteiger partial charge in [0.1, 0.15) is 11.3 Å². The standard InChI is InChI=1S/C26H26N4O3S/c1-30(2)18-13-11-16(12-14-18)21-19(9-6-10-20(21)25(27)32)23(31)22(24-26(33)28-15-34-24)29-17-7-4-3-5-8-17/h3-14,22,24,29H,15H2,1-2H3,(H2,27,32)(H,28,33). The molecule has 1 fully saturated rings. The first kappa shape index (κ1) is 23.4. The number of Topliss-reactive ketones (excluding diaryl/α,β-unsaturated/α-hetero) is 1. The van der Waals surface area contributed by atoms with Crippen LogP contribution in [0, 0.1) is 0 Å². The van der Waals surface area contributed by atoms with E-state index in [-0.39, 0.29) is 17.3 Å². The smallest absolute Gasteiger partial charge is 0.249 e.